The number of fused-ring (bicyclic) bond motifs is 1. The largest absolute Gasteiger partial charge is 0.457 e. The summed E-state index contributed by atoms with van der Waals surface area (Å²) in [5.41, 5.74) is 7.53. The van der Waals surface area contributed by atoms with Gasteiger partial charge in [-0.3, -0.25) is 9.05 Å². The first kappa shape index (κ1) is 12.1. The highest BCUT2D eigenvalue weighted by Gasteiger charge is 2.50. The topological polar surface area (TPSA) is 56.5 Å². The monoisotopic (exact) mass is 275 g/mol. The zero-order chi connectivity index (χ0) is 13.3. The van der Waals surface area contributed by atoms with Gasteiger partial charge in [-0.25, -0.2) is 0 Å². The summed E-state index contributed by atoms with van der Waals surface area (Å²) in [5.74, 6) is 1.50. The normalized spacial score (nSPS) is 20.3. The molecule has 0 bridgehead atoms. The molecule has 1 heterocycles. The van der Waals surface area contributed by atoms with E-state index in [9.17, 15) is 0 Å². The Morgan fingerprint density at radius 1 is 1.16 bits per heavy atom. The first-order valence-electron chi connectivity index (χ1n) is 6.21. The minimum atomic E-state index is -2.19. The molecule has 0 aliphatic carbocycles. The van der Waals surface area contributed by atoms with Crippen molar-refractivity contribution in [2.75, 3.05) is 17.0 Å². The van der Waals surface area contributed by atoms with Gasteiger partial charge in [-0.1, -0.05) is 24.3 Å². The Morgan fingerprint density at radius 2 is 1.89 bits per heavy atom. The van der Waals surface area contributed by atoms with Gasteiger partial charge in [0.25, 0.3) is 0 Å². The molecule has 2 aromatic rings. The molecule has 1 aliphatic heterocycles. The molecule has 1 atom stereocenters. The first-order valence-corrected chi connectivity index (χ1v) is 8.02. The zero-order valence-corrected chi connectivity index (χ0v) is 11.6. The number of hydrogen-bond donors (Lipinski definition) is 2. The van der Waals surface area contributed by atoms with E-state index in [1.807, 2.05) is 55.5 Å². The summed E-state index contributed by atoms with van der Waals surface area (Å²) < 4.78 is 12.1. The van der Waals surface area contributed by atoms with Gasteiger partial charge in [0.05, 0.1) is 5.69 Å². The van der Waals surface area contributed by atoms with Crippen molar-refractivity contribution in [1.29, 1.82) is 0 Å². The van der Waals surface area contributed by atoms with Crippen LogP contribution in [-0.4, -0.2) is 6.16 Å². The number of nitrogen functional groups attached to an aromatic ring is 1. The molecule has 98 valence electrons. The van der Waals surface area contributed by atoms with E-state index in [-0.39, 0.29) is 0 Å². The second-order valence-corrected chi connectivity index (χ2v) is 6.89. The van der Waals surface area contributed by atoms with Gasteiger partial charge in [-0.15, -0.1) is 0 Å². The number of nitrogens with two attached hydrogens (primary N) is 1. The third-order valence-corrected chi connectivity index (χ3v) is 5.40. The first-order chi connectivity index (χ1) is 9.22. The highest BCUT2D eigenvalue weighted by atomic mass is 31.2. The molecular weight excluding hydrogens is 259 g/mol. The van der Waals surface area contributed by atoms with Gasteiger partial charge < -0.3 is 5.73 Å². The maximum absolute atomic E-state index is 6.08. The summed E-state index contributed by atoms with van der Waals surface area (Å²) in [6.07, 6.45) is 0.760. The van der Waals surface area contributed by atoms with Gasteiger partial charge in [0.15, 0.2) is 0 Å². The SMILES string of the molecule is CC[P+]1(Oc2ccccc2N)Nc2ccccc2O1. The van der Waals surface area contributed by atoms with Gasteiger partial charge in [0, 0.05) is 0 Å². The molecule has 3 N–H and O–H groups in total. The average Bonchev–Trinajstić information content (AvgIpc) is 2.80. The molecular formula is C14H16N2O2P+. The molecule has 1 unspecified atom stereocenters. The Hall–Kier alpha value is -1.93. The number of rotatable bonds is 3. The van der Waals surface area contributed by atoms with E-state index in [2.05, 4.69) is 5.09 Å². The molecule has 0 saturated heterocycles. The summed E-state index contributed by atoms with van der Waals surface area (Å²) in [6, 6.07) is 15.3. The Bertz CT molecular complexity index is 579. The van der Waals surface area contributed by atoms with E-state index in [0.717, 1.165) is 17.6 Å². The van der Waals surface area contributed by atoms with Gasteiger partial charge in [0.1, 0.15) is 11.8 Å². The third-order valence-electron chi connectivity index (χ3n) is 3.00. The van der Waals surface area contributed by atoms with E-state index < -0.39 is 7.87 Å². The lowest BCUT2D eigenvalue weighted by Crippen LogP contribution is -2.14. The molecule has 0 amide bonds. The molecule has 0 spiro atoms. The number of hydrogen-bond acceptors (Lipinski definition) is 4. The van der Waals surface area contributed by atoms with Crippen LogP contribution in [0.5, 0.6) is 11.5 Å². The Morgan fingerprint density at radius 3 is 2.63 bits per heavy atom. The summed E-state index contributed by atoms with van der Waals surface area (Å²) in [7, 11) is -2.19. The lowest BCUT2D eigenvalue weighted by molar-refractivity contribution is 0.482. The van der Waals surface area contributed by atoms with Gasteiger partial charge in [-0.05, 0) is 31.2 Å². The predicted molar refractivity (Wildman–Crippen MR) is 79.6 cm³/mol. The quantitative estimate of drug-likeness (QED) is 0.658. The average molecular weight is 275 g/mol. The summed E-state index contributed by atoms with van der Waals surface area (Å²) in [4.78, 5) is 0. The second kappa shape index (κ2) is 4.63. The van der Waals surface area contributed by atoms with Crippen LogP contribution in [0.1, 0.15) is 6.92 Å². The maximum Gasteiger partial charge on any atom is 0.457 e. The molecule has 2 aromatic carbocycles. The smallest absolute Gasteiger partial charge is 0.396 e. The summed E-state index contributed by atoms with van der Waals surface area (Å²) >= 11 is 0. The Labute approximate surface area is 113 Å². The highest BCUT2D eigenvalue weighted by Crippen LogP contribution is 2.65. The molecule has 5 heteroatoms. The van der Waals surface area contributed by atoms with E-state index in [1.165, 1.54) is 0 Å². The molecule has 0 aromatic heterocycles. The Kier molecular flexibility index (Phi) is 2.96. The minimum Gasteiger partial charge on any atom is -0.396 e. The number of para-hydroxylation sites is 4. The van der Waals surface area contributed by atoms with Crippen LogP contribution in [0.15, 0.2) is 48.5 Å². The predicted octanol–water partition coefficient (Wildman–Crippen LogP) is 3.93. The third kappa shape index (κ3) is 2.20. The van der Waals surface area contributed by atoms with Crippen LogP contribution in [-0.2, 0) is 0 Å². The van der Waals surface area contributed by atoms with E-state index in [4.69, 9.17) is 14.8 Å². The molecule has 1 aliphatic rings. The Balaban J connectivity index is 1.89. The van der Waals surface area contributed by atoms with Crippen molar-refractivity contribution in [1.82, 2.24) is 0 Å². The zero-order valence-electron chi connectivity index (χ0n) is 10.7. The highest BCUT2D eigenvalue weighted by molar-refractivity contribution is 7.69. The van der Waals surface area contributed by atoms with Gasteiger partial charge >= 0.3 is 7.87 Å². The van der Waals surface area contributed by atoms with Gasteiger partial charge in [0.2, 0.25) is 11.5 Å². The van der Waals surface area contributed by atoms with Crippen LogP contribution in [0.2, 0.25) is 0 Å². The second-order valence-electron chi connectivity index (χ2n) is 4.32. The standard InChI is InChI=1S/C14H16N2O2P/c1-2-19(17-13-9-5-3-7-11(13)15)16-12-8-4-6-10-14(12)18-19/h3-10,16H,2,15H2,1H3/q+1. The van der Waals surface area contributed by atoms with Crippen molar-refractivity contribution in [2.45, 2.75) is 6.92 Å². The van der Waals surface area contributed by atoms with E-state index >= 15 is 0 Å². The van der Waals surface area contributed by atoms with E-state index in [1.54, 1.807) is 0 Å². The minimum absolute atomic E-state index is 0.622. The molecule has 0 radical (unpaired) electrons. The van der Waals surface area contributed by atoms with Crippen molar-refractivity contribution >= 4 is 19.2 Å². The van der Waals surface area contributed by atoms with Crippen LogP contribution < -0.4 is 19.9 Å². The van der Waals surface area contributed by atoms with Crippen LogP contribution in [0.25, 0.3) is 0 Å². The lowest BCUT2D eigenvalue weighted by Gasteiger charge is -2.17. The van der Waals surface area contributed by atoms with Crippen LogP contribution in [0.4, 0.5) is 11.4 Å². The van der Waals surface area contributed by atoms with Crippen LogP contribution in [0, 0.1) is 0 Å². The molecule has 0 fully saturated rings. The van der Waals surface area contributed by atoms with Crippen molar-refractivity contribution in [3.63, 3.8) is 0 Å². The fourth-order valence-corrected chi connectivity index (χ4v) is 4.03. The van der Waals surface area contributed by atoms with Crippen LogP contribution >= 0.6 is 7.87 Å². The number of anilines is 2. The van der Waals surface area contributed by atoms with Crippen molar-refractivity contribution in [3.05, 3.63) is 48.5 Å². The number of benzene rings is 2. The maximum atomic E-state index is 6.08. The summed E-state index contributed by atoms with van der Waals surface area (Å²) in [5, 5.41) is 3.38. The molecule has 19 heavy (non-hydrogen) atoms. The molecule has 3 rings (SSSR count). The fourth-order valence-electron chi connectivity index (χ4n) is 1.98. The van der Waals surface area contributed by atoms with Crippen molar-refractivity contribution in [3.8, 4) is 11.5 Å². The molecule has 4 nitrogen and oxygen atoms in total. The van der Waals surface area contributed by atoms with Crippen LogP contribution in [0.3, 0.4) is 0 Å². The van der Waals surface area contributed by atoms with Crippen molar-refractivity contribution in [2.24, 2.45) is 0 Å². The van der Waals surface area contributed by atoms with Gasteiger partial charge in [-0.2, -0.15) is 5.09 Å². The lowest BCUT2D eigenvalue weighted by atomic mass is 10.3. The fraction of sp³-hybridized carbons (Fsp3) is 0.143. The van der Waals surface area contributed by atoms with Crippen molar-refractivity contribution < 1.29 is 9.05 Å². The summed E-state index contributed by atoms with van der Waals surface area (Å²) in [6.45, 7) is 2.05. The molecule has 0 saturated carbocycles. The van der Waals surface area contributed by atoms with E-state index in [0.29, 0.717) is 11.4 Å². The number of nitrogens with one attached hydrogen (secondary N) is 1.